The molecule has 0 unspecified atom stereocenters. The third kappa shape index (κ3) is 20.6. The zero-order valence-electron chi connectivity index (χ0n) is 10.2. The van der Waals surface area contributed by atoms with E-state index >= 15 is 0 Å². The molecule has 0 amide bonds. The van der Waals surface area contributed by atoms with Gasteiger partial charge in [-0.15, -0.1) is 0 Å². The second kappa shape index (κ2) is 14.6. The first-order valence-corrected chi connectivity index (χ1v) is 7.79. The Morgan fingerprint density at radius 2 is 1.29 bits per heavy atom. The van der Waals surface area contributed by atoms with Crippen LogP contribution < -0.4 is 0 Å². The summed E-state index contributed by atoms with van der Waals surface area (Å²) in [4.78, 5) is 16.9. The van der Waals surface area contributed by atoms with Gasteiger partial charge in [-0.25, -0.2) is 4.57 Å². The van der Waals surface area contributed by atoms with Gasteiger partial charge in [-0.3, -0.25) is 4.52 Å². The summed E-state index contributed by atoms with van der Waals surface area (Å²) in [5.41, 5.74) is 0. The molecule has 6 heteroatoms. The van der Waals surface area contributed by atoms with Crippen LogP contribution in [0.3, 0.4) is 0 Å². The summed E-state index contributed by atoms with van der Waals surface area (Å²) < 4.78 is 14.7. The van der Waals surface area contributed by atoms with Crippen LogP contribution >= 0.6 is 7.82 Å². The van der Waals surface area contributed by atoms with Gasteiger partial charge >= 0.3 is 76.7 Å². The van der Waals surface area contributed by atoms with Gasteiger partial charge in [0.1, 0.15) is 0 Å². The van der Waals surface area contributed by atoms with Gasteiger partial charge < -0.3 is 9.79 Å². The van der Waals surface area contributed by atoms with E-state index in [0.717, 1.165) is 19.3 Å². The molecule has 0 aromatic heterocycles. The number of unbranched alkanes of at least 4 members (excludes halogenated alkanes) is 8. The summed E-state index contributed by atoms with van der Waals surface area (Å²) in [5.74, 6) is 0. The molecular formula is C11H26CsO4P. The Kier molecular flexibility index (Phi) is 18.4. The summed E-state index contributed by atoms with van der Waals surface area (Å²) >= 11 is 0. The average molecular weight is 386 g/mol. The molecule has 0 radical (unpaired) electrons. The molecule has 0 aliphatic rings. The van der Waals surface area contributed by atoms with E-state index in [-0.39, 0.29) is 75.5 Å². The van der Waals surface area contributed by atoms with Gasteiger partial charge in [-0.2, -0.15) is 0 Å². The Hall–Kier alpha value is 2.16. The molecule has 0 aromatic carbocycles. The number of phosphoric ester groups is 1. The van der Waals surface area contributed by atoms with Gasteiger partial charge in [0.2, 0.25) is 0 Å². The molecule has 0 rings (SSSR count). The van der Waals surface area contributed by atoms with E-state index in [1.54, 1.807) is 0 Å². The van der Waals surface area contributed by atoms with Crippen LogP contribution in [0.1, 0.15) is 64.7 Å². The fourth-order valence-corrected chi connectivity index (χ4v) is 1.96. The van der Waals surface area contributed by atoms with E-state index in [0.29, 0.717) is 0 Å². The molecule has 0 bridgehead atoms. The Morgan fingerprint density at radius 3 is 1.71 bits per heavy atom. The first kappa shape index (κ1) is 21.5. The quantitative estimate of drug-likeness (QED) is 0.423. The molecule has 0 aromatic rings. The van der Waals surface area contributed by atoms with Crippen molar-refractivity contribution in [3.05, 3.63) is 0 Å². The SMILES string of the molecule is CCCCCCCCCCCOP(=O)(O)O.[CsH]. The Labute approximate surface area is 164 Å². The summed E-state index contributed by atoms with van der Waals surface area (Å²) in [6, 6.07) is 0. The predicted molar refractivity (Wildman–Crippen MR) is 72.4 cm³/mol. The van der Waals surface area contributed by atoms with Crippen molar-refractivity contribution >= 4 is 76.7 Å². The standard InChI is InChI=1S/C11H25O4P.Cs.H/c1-2-3-4-5-6-7-8-9-10-11-15-16(12,13)14;;/h2-11H2,1H3,(H2,12,13,14);;. The van der Waals surface area contributed by atoms with Crippen LogP contribution in [0.4, 0.5) is 0 Å². The van der Waals surface area contributed by atoms with E-state index < -0.39 is 7.82 Å². The summed E-state index contributed by atoms with van der Waals surface area (Å²) in [5, 5.41) is 0. The molecular weight excluding hydrogens is 360 g/mol. The molecule has 0 saturated heterocycles. The van der Waals surface area contributed by atoms with Gasteiger partial charge in [0.05, 0.1) is 6.61 Å². The molecule has 100 valence electrons. The zero-order valence-corrected chi connectivity index (χ0v) is 11.1. The molecule has 2 N–H and O–H groups in total. The van der Waals surface area contributed by atoms with E-state index in [4.69, 9.17) is 9.79 Å². The Morgan fingerprint density at radius 1 is 0.882 bits per heavy atom. The molecule has 0 aliphatic carbocycles. The third-order valence-corrected chi connectivity index (χ3v) is 3.03. The van der Waals surface area contributed by atoms with Crippen molar-refractivity contribution in [2.75, 3.05) is 6.61 Å². The van der Waals surface area contributed by atoms with E-state index in [2.05, 4.69) is 11.4 Å². The number of phosphoric acid groups is 1. The molecule has 0 aliphatic heterocycles. The maximum atomic E-state index is 10.3. The van der Waals surface area contributed by atoms with Crippen molar-refractivity contribution in [2.24, 2.45) is 0 Å². The average Bonchev–Trinajstić information content (AvgIpc) is 2.19. The van der Waals surface area contributed by atoms with E-state index in [9.17, 15) is 4.57 Å². The minimum atomic E-state index is -4.24. The summed E-state index contributed by atoms with van der Waals surface area (Å²) in [6.07, 6.45) is 10.6. The van der Waals surface area contributed by atoms with Gasteiger partial charge in [0.25, 0.3) is 0 Å². The number of rotatable bonds is 11. The third-order valence-electron chi connectivity index (χ3n) is 2.51. The maximum absolute atomic E-state index is 10.3. The van der Waals surface area contributed by atoms with Crippen LogP contribution in [0.15, 0.2) is 0 Å². The minimum absolute atomic E-state index is 0. The van der Waals surface area contributed by atoms with Gasteiger partial charge in [-0.05, 0) is 6.42 Å². The Balaban J connectivity index is 0. The molecule has 0 fully saturated rings. The van der Waals surface area contributed by atoms with Crippen LogP contribution in [-0.2, 0) is 9.09 Å². The van der Waals surface area contributed by atoms with Gasteiger partial charge in [-0.1, -0.05) is 58.3 Å². The predicted octanol–water partition coefficient (Wildman–Crippen LogP) is 2.98. The van der Waals surface area contributed by atoms with Crippen molar-refractivity contribution < 1.29 is 18.9 Å². The normalized spacial score (nSPS) is 11.2. The molecule has 17 heavy (non-hydrogen) atoms. The fourth-order valence-electron chi connectivity index (χ4n) is 1.60. The second-order valence-electron chi connectivity index (χ2n) is 4.15. The fraction of sp³-hybridized carbons (Fsp3) is 1.00. The first-order chi connectivity index (χ1) is 7.56. The van der Waals surface area contributed by atoms with Gasteiger partial charge in [0, 0.05) is 0 Å². The second-order valence-corrected chi connectivity index (χ2v) is 5.39. The van der Waals surface area contributed by atoms with E-state index in [1.807, 2.05) is 0 Å². The first-order valence-electron chi connectivity index (χ1n) is 6.26. The van der Waals surface area contributed by atoms with Crippen LogP contribution in [0, 0.1) is 0 Å². The van der Waals surface area contributed by atoms with Crippen molar-refractivity contribution in [1.29, 1.82) is 0 Å². The molecule has 4 nitrogen and oxygen atoms in total. The molecule has 0 saturated carbocycles. The Bertz CT molecular complexity index is 196. The van der Waals surface area contributed by atoms with Crippen LogP contribution in [0.5, 0.6) is 0 Å². The van der Waals surface area contributed by atoms with E-state index in [1.165, 1.54) is 38.5 Å². The van der Waals surface area contributed by atoms with Gasteiger partial charge in [0.15, 0.2) is 0 Å². The van der Waals surface area contributed by atoms with Crippen LogP contribution in [-0.4, -0.2) is 85.3 Å². The monoisotopic (exact) mass is 386 g/mol. The van der Waals surface area contributed by atoms with Crippen molar-refractivity contribution in [3.63, 3.8) is 0 Å². The topological polar surface area (TPSA) is 66.8 Å². The van der Waals surface area contributed by atoms with Crippen LogP contribution in [0.2, 0.25) is 0 Å². The van der Waals surface area contributed by atoms with Crippen molar-refractivity contribution in [1.82, 2.24) is 0 Å². The number of hydrogen-bond donors (Lipinski definition) is 2. The zero-order chi connectivity index (χ0) is 12.3. The summed E-state index contributed by atoms with van der Waals surface area (Å²) in [6.45, 7) is 2.38. The molecule has 0 spiro atoms. The summed E-state index contributed by atoms with van der Waals surface area (Å²) in [7, 11) is -4.24. The number of hydrogen-bond acceptors (Lipinski definition) is 2. The van der Waals surface area contributed by atoms with Crippen molar-refractivity contribution in [3.8, 4) is 0 Å². The van der Waals surface area contributed by atoms with Crippen LogP contribution in [0.25, 0.3) is 0 Å². The van der Waals surface area contributed by atoms with Crippen molar-refractivity contribution in [2.45, 2.75) is 64.7 Å². The molecule has 0 atom stereocenters. The molecule has 0 heterocycles.